The molecule has 29 heavy (non-hydrogen) atoms. The van der Waals surface area contributed by atoms with Crippen LogP contribution in [0.4, 0.5) is 0 Å². The number of aliphatic hydroxyl groups is 2. The van der Waals surface area contributed by atoms with Gasteiger partial charge in [-0.3, -0.25) is 0 Å². The number of halogens is 2. The molecule has 0 radical (unpaired) electrons. The number of fused-ring (bicyclic) bond motifs is 3. The van der Waals surface area contributed by atoms with Gasteiger partial charge in [-0.05, 0) is 34.9 Å². The molecule has 0 saturated heterocycles. The highest BCUT2D eigenvalue weighted by Crippen LogP contribution is 2.55. The van der Waals surface area contributed by atoms with E-state index in [0.29, 0.717) is 0 Å². The molecule has 0 fully saturated rings. The number of hydrogen-bond donors (Lipinski definition) is 2. The third-order valence-corrected chi connectivity index (χ3v) is 6.12. The predicted octanol–water partition coefficient (Wildman–Crippen LogP) is 5.08. The van der Waals surface area contributed by atoms with E-state index in [-0.39, 0.29) is 26.4 Å². The molecular formula is C23H20Br2O4. The monoisotopic (exact) mass is 518 g/mol. The summed E-state index contributed by atoms with van der Waals surface area (Å²) in [5, 5.41) is 19.0. The smallest absolute Gasteiger partial charge is 0.224 e. The van der Waals surface area contributed by atoms with E-state index in [0.717, 1.165) is 42.3 Å². The van der Waals surface area contributed by atoms with Gasteiger partial charge in [0.25, 0.3) is 0 Å². The van der Waals surface area contributed by atoms with Crippen LogP contribution in [0.3, 0.4) is 0 Å². The van der Waals surface area contributed by atoms with Crippen molar-refractivity contribution in [2.45, 2.75) is 5.79 Å². The van der Waals surface area contributed by atoms with Gasteiger partial charge >= 0.3 is 0 Å². The lowest BCUT2D eigenvalue weighted by atomic mass is 9.92. The molecule has 4 rings (SSSR count). The lowest BCUT2D eigenvalue weighted by molar-refractivity contribution is -0.222. The minimum Gasteiger partial charge on any atom is -0.394 e. The Morgan fingerprint density at radius 1 is 0.793 bits per heavy atom. The van der Waals surface area contributed by atoms with Gasteiger partial charge in [0.05, 0.1) is 26.4 Å². The fraction of sp³-hybridized carbons (Fsp3) is 0.217. The van der Waals surface area contributed by atoms with Gasteiger partial charge in [-0.25, -0.2) is 0 Å². The lowest BCUT2D eigenvalue weighted by Gasteiger charge is -2.33. The highest BCUT2D eigenvalue weighted by molar-refractivity contribution is 9.10. The average molecular weight is 520 g/mol. The summed E-state index contributed by atoms with van der Waals surface area (Å²) in [5.41, 5.74) is 5.71. The molecule has 0 aromatic heterocycles. The van der Waals surface area contributed by atoms with Crippen molar-refractivity contribution in [1.29, 1.82) is 0 Å². The van der Waals surface area contributed by atoms with Gasteiger partial charge in [0.15, 0.2) is 0 Å². The summed E-state index contributed by atoms with van der Waals surface area (Å²) in [6.45, 7) is -0.0930. The van der Waals surface area contributed by atoms with Crippen LogP contribution in [-0.2, 0) is 15.3 Å². The van der Waals surface area contributed by atoms with E-state index in [9.17, 15) is 10.2 Å². The Kier molecular flexibility index (Phi) is 6.20. The number of aliphatic hydroxyl groups excluding tert-OH is 2. The first-order valence-corrected chi connectivity index (χ1v) is 10.9. The van der Waals surface area contributed by atoms with E-state index in [2.05, 4.69) is 31.9 Å². The molecule has 1 aliphatic carbocycles. The first-order chi connectivity index (χ1) is 14.1. The van der Waals surface area contributed by atoms with E-state index >= 15 is 0 Å². The van der Waals surface area contributed by atoms with Crippen LogP contribution in [-0.4, -0.2) is 36.6 Å². The van der Waals surface area contributed by atoms with E-state index in [1.165, 1.54) is 0 Å². The second-order valence-electron chi connectivity index (χ2n) is 6.66. The minimum atomic E-state index is -1.24. The molecule has 2 N–H and O–H groups in total. The fourth-order valence-corrected chi connectivity index (χ4v) is 4.83. The largest absolute Gasteiger partial charge is 0.394 e. The average Bonchev–Trinajstić information content (AvgIpc) is 3.00. The fourth-order valence-electron chi connectivity index (χ4n) is 3.91. The van der Waals surface area contributed by atoms with Crippen LogP contribution in [0.5, 0.6) is 0 Å². The molecule has 1 aliphatic rings. The molecule has 150 valence electrons. The molecule has 0 unspecified atom stereocenters. The van der Waals surface area contributed by atoms with Crippen molar-refractivity contribution >= 4 is 31.9 Å². The van der Waals surface area contributed by atoms with Crippen LogP contribution in [0.2, 0.25) is 0 Å². The summed E-state index contributed by atoms with van der Waals surface area (Å²) >= 11 is 7.27. The summed E-state index contributed by atoms with van der Waals surface area (Å²) in [4.78, 5) is 0. The topological polar surface area (TPSA) is 58.9 Å². The lowest BCUT2D eigenvalue weighted by Crippen LogP contribution is -2.35. The Hall–Kier alpha value is -1.54. The van der Waals surface area contributed by atoms with Gasteiger partial charge in [-0.1, -0.05) is 74.3 Å². The van der Waals surface area contributed by atoms with Crippen LogP contribution in [0.15, 0.2) is 69.6 Å². The standard InChI is InChI=1S/C23H20Br2O4/c24-16-6-7-17-18-8-9-20(25)21(15-4-2-1-3-5-15)22(18)23(19(17)14-16,28-12-10-26)29-13-11-27/h1-9,14,26-27H,10-13H2. The van der Waals surface area contributed by atoms with Crippen molar-refractivity contribution in [3.05, 3.63) is 80.7 Å². The number of rotatable bonds is 7. The zero-order valence-corrected chi connectivity index (χ0v) is 18.7. The first kappa shape index (κ1) is 20.7. The Bertz CT molecular complexity index is 1010. The molecule has 0 atom stereocenters. The van der Waals surface area contributed by atoms with Crippen molar-refractivity contribution in [3.63, 3.8) is 0 Å². The summed E-state index contributed by atoms with van der Waals surface area (Å²) in [6.07, 6.45) is 0. The van der Waals surface area contributed by atoms with Gasteiger partial charge in [0.1, 0.15) is 0 Å². The third-order valence-electron chi connectivity index (χ3n) is 4.97. The minimum absolute atomic E-state index is 0.0948. The maximum Gasteiger partial charge on any atom is 0.224 e. The second-order valence-corrected chi connectivity index (χ2v) is 8.43. The zero-order valence-electron chi connectivity index (χ0n) is 15.6. The van der Waals surface area contributed by atoms with Gasteiger partial charge in [-0.2, -0.15) is 0 Å². The van der Waals surface area contributed by atoms with Gasteiger partial charge in [0.2, 0.25) is 5.79 Å². The van der Waals surface area contributed by atoms with E-state index in [4.69, 9.17) is 9.47 Å². The Balaban J connectivity index is 2.06. The molecule has 0 aliphatic heterocycles. The molecule has 3 aromatic carbocycles. The van der Waals surface area contributed by atoms with Crippen molar-refractivity contribution in [2.24, 2.45) is 0 Å². The normalized spacial score (nSPS) is 13.9. The molecule has 0 heterocycles. The number of benzene rings is 3. The maximum atomic E-state index is 9.51. The highest BCUT2D eigenvalue weighted by atomic mass is 79.9. The molecule has 3 aromatic rings. The quantitative estimate of drug-likeness (QED) is 0.427. The van der Waals surface area contributed by atoms with Crippen LogP contribution in [0.1, 0.15) is 11.1 Å². The highest BCUT2D eigenvalue weighted by Gasteiger charge is 2.48. The van der Waals surface area contributed by atoms with E-state index in [1.54, 1.807) is 0 Å². The van der Waals surface area contributed by atoms with E-state index in [1.807, 2.05) is 60.7 Å². The first-order valence-electron chi connectivity index (χ1n) is 9.31. The molecule has 6 heteroatoms. The Morgan fingerprint density at radius 2 is 1.45 bits per heavy atom. The van der Waals surface area contributed by atoms with Crippen molar-refractivity contribution < 1.29 is 19.7 Å². The Labute approximate surface area is 186 Å². The Morgan fingerprint density at radius 3 is 2.10 bits per heavy atom. The summed E-state index contributed by atoms with van der Waals surface area (Å²) in [5.74, 6) is -1.24. The van der Waals surface area contributed by atoms with Crippen molar-refractivity contribution in [2.75, 3.05) is 26.4 Å². The van der Waals surface area contributed by atoms with Crippen LogP contribution >= 0.6 is 31.9 Å². The summed E-state index contributed by atoms with van der Waals surface area (Å²) < 4.78 is 14.3. The zero-order chi connectivity index (χ0) is 20.4. The summed E-state index contributed by atoms with van der Waals surface area (Å²) in [6, 6.07) is 20.1. The molecule has 0 saturated carbocycles. The maximum absolute atomic E-state index is 9.51. The van der Waals surface area contributed by atoms with Crippen LogP contribution in [0, 0.1) is 0 Å². The molecule has 0 amide bonds. The van der Waals surface area contributed by atoms with Crippen LogP contribution < -0.4 is 0 Å². The summed E-state index contributed by atoms with van der Waals surface area (Å²) in [7, 11) is 0. The van der Waals surface area contributed by atoms with Gasteiger partial charge in [0, 0.05) is 25.6 Å². The molecule has 0 spiro atoms. The molecular weight excluding hydrogens is 500 g/mol. The predicted molar refractivity (Wildman–Crippen MR) is 120 cm³/mol. The molecule has 4 nitrogen and oxygen atoms in total. The van der Waals surface area contributed by atoms with Gasteiger partial charge < -0.3 is 19.7 Å². The van der Waals surface area contributed by atoms with Crippen LogP contribution in [0.25, 0.3) is 22.3 Å². The second kappa shape index (κ2) is 8.68. The molecule has 0 bridgehead atoms. The SMILES string of the molecule is OCCOC1(OCCO)c2cc(Br)ccc2-c2ccc(Br)c(-c3ccccc3)c21. The van der Waals surface area contributed by atoms with Gasteiger partial charge in [-0.15, -0.1) is 0 Å². The van der Waals surface area contributed by atoms with E-state index < -0.39 is 5.79 Å². The third kappa shape index (κ3) is 3.58. The number of hydrogen-bond acceptors (Lipinski definition) is 4. The van der Waals surface area contributed by atoms with Crippen molar-refractivity contribution in [3.8, 4) is 22.3 Å². The van der Waals surface area contributed by atoms with Crippen molar-refractivity contribution in [1.82, 2.24) is 0 Å². The number of ether oxygens (including phenoxy) is 2.